The molecule has 6 heteroatoms. The standard InChI is InChI=1S/C19H17BrFNO3/c20-13-4-5-14(15(21)11-13)19(23)22-7-1-2-16(22)12-3-6-17-18(10-12)25-9-8-24-17/h3-6,10-11,16H,1-2,7-9H2. The van der Waals surface area contributed by atoms with Gasteiger partial charge in [0.25, 0.3) is 5.91 Å². The van der Waals surface area contributed by atoms with Crippen LogP contribution in [-0.2, 0) is 0 Å². The second kappa shape index (κ2) is 6.67. The van der Waals surface area contributed by atoms with Gasteiger partial charge in [-0.15, -0.1) is 0 Å². The molecule has 1 unspecified atom stereocenters. The molecule has 25 heavy (non-hydrogen) atoms. The molecule has 1 atom stereocenters. The minimum absolute atomic E-state index is 0.0774. The minimum atomic E-state index is -0.507. The third kappa shape index (κ3) is 3.11. The Morgan fingerprint density at radius 2 is 1.92 bits per heavy atom. The Labute approximate surface area is 153 Å². The number of fused-ring (bicyclic) bond motifs is 1. The fraction of sp³-hybridized carbons (Fsp3) is 0.316. The lowest BCUT2D eigenvalue weighted by Crippen LogP contribution is -2.31. The number of benzene rings is 2. The molecular weight excluding hydrogens is 389 g/mol. The third-order valence-electron chi connectivity index (χ3n) is 4.63. The summed E-state index contributed by atoms with van der Waals surface area (Å²) in [4.78, 5) is 14.6. The molecular formula is C19H17BrFNO3. The van der Waals surface area contributed by atoms with E-state index in [0.717, 1.165) is 24.2 Å². The van der Waals surface area contributed by atoms with Crippen molar-refractivity contribution < 1.29 is 18.7 Å². The second-order valence-electron chi connectivity index (χ2n) is 6.18. The first-order valence-electron chi connectivity index (χ1n) is 8.29. The quantitative estimate of drug-likeness (QED) is 0.745. The zero-order valence-corrected chi connectivity index (χ0v) is 15.1. The molecule has 0 spiro atoms. The SMILES string of the molecule is O=C(c1ccc(Br)cc1F)N1CCCC1c1ccc2c(c1)OCCO2. The van der Waals surface area contributed by atoms with Gasteiger partial charge in [0.05, 0.1) is 11.6 Å². The zero-order chi connectivity index (χ0) is 17.4. The lowest BCUT2D eigenvalue weighted by Gasteiger charge is -2.27. The van der Waals surface area contributed by atoms with Crippen LogP contribution in [0.4, 0.5) is 4.39 Å². The summed E-state index contributed by atoms with van der Waals surface area (Å²) >= 11 is 3.22. The van der Waals surface area contributed by atoms with Crippen molar-refractivity contribution in [3.63, 3.8) is 0 Å². The highest BCUT2D eigenvalue weighted by atomic mass is 79.9. The summed E-state index contributed by atoms with van der Waals surface area (Å²) in [5.41, 5.74) is 1.10. The van der Waals surface area contributed by atoms with Gasteiger partial charge in [0.1, 0.15) is 19.0 Å². The topological polar surface area (TPSA) is 38.8 Å². The molecule has 1 fully saturated rings. The normalized spacial score (nSPS) is 19.1. The third-order valence-corrected chi connectivity index (χ3v) is 5.12. The Bertz CT molecular complexity index is 826. The van der Waals surface area contributed by atoms with Gasteiger partial charge in [-0.1, -0.05) is 22.0 Å². The minimum Gasteiger partial charge on any atom is -0.486 e. The molecule has 0 radical (unpaired) electrons. The van der Waals surface area contributed by atoms with Gasteiger partial charge >= 0.3 is 0 Å². The van der Waals surface area contributed by atoms with E-state index in [1.807, 2.05) is 18.2 Å². The maximum Gasteiger partial charge on any atom is 0.257 e. The van der Waals surface area contributed by atoms with Gasteiger partial charge < -0.3 is 14.4 Å². The van der Waals surface area contributed by atoms with E-state index >= 15 is 0 Å². The number of hydrogen-bond donors (Lipinski definition) is 0. The molecule has 2 aliphatic rings. The largest absolute Gasteiger partial charge is 0.486 e. The number of carbonyl (C=O) groups is 1. The van der Waals surface area contributed by atoms with Crippen molar-refractivity contribution in [1.82, 2.24) is 4.90 Å². The molecule has 0 aliphatic carbocycles. The number of likely N-dealkylation sites (tertiary alicyclic amines) is 1. The number of hydrogen-bond acceptors (Lipinski definition) is 3. The first kappa shape index (κ1) is 16.4. The average molecular weight is 406 g/mol. The first-order chi connectivity index (χ1) is 12.1. The van der Waals surface area contributed by atoms with Gasteiger partial charge in [0, 0.05) is 11.0 Å². The summed E-state index contributed by atoms with van der Waals surface area (Å²) < 4.78 is 26.0. The van der Waals surface area contributed by atoms with Crippen molar-refractivity contribution in [2.24, 2.45) is 0 Å². The lowest BCUT2D eigenvalue weighted by molar-refractivity contribution is 0.0730. The van der Waals surface area contributed by atoms with E-state index < -0.39 is 5.82 Å². The van der Waals surface area contributed by atoms with Crippen LogP contribution in [0.25, 0.3) is 0 Å². The van der Waals surface area contributed by atoms with E-state index in [0.29, 0.717) is 30.0 Å². The Balaban J connectivity index is 1.63. The molecule has 1 amide bonds. The molecule has 4 nitrogen and oxygen atoms in total. The van der Waals surface area contributed by atoms with Crippen LogP contribution in [0.5, 0.6) is 11.5 Å². The summed E-state index contributed by atoms with van der Waals surface area (Å²) in [7, 11) is 0. The summed E-state index contributed by atoms with van der Waals surface area (Å²) in [6.07, 6.45) is 1.74. The van der Waals surface area contributed by atoms with Gasteiger partial charge in [0.2, 0.25) is 0 Å². The summed E-state index contributed by atoms with van der Waals surface area (Å²) in [6, 6.07) is 10.2. The van der Waals surface area contributed by atoms with Crippen LogP contribution in [0.3, 0.4) is 0 Å². The van der Waals surface area contributed by atoms with Crippen LogP contribution >= 0.6 is 15.9 Å². The number of amides is 1. The Morgan fingerprint density at radius 1 is 1.12 bits per heavy atom. The average Bonchev–Trinajstić information content (AvgIpc) is 3.10. The van der Waals surface area contributed by atoms with Crippen molar-refractivity contribution in [3.05, 3.63) is 57.8 Å². The van der Waals surface area contributed by atoms with Crippen LogP contribution in [-0.4, -0.2) is 30.6 Å². The molecule has 2 heterocycles. The van der Waals surface area contributed by atoms with Gasteiger partial charge in [-0.25, -0.2) is 4.39 Å². The van der Waals surface area contributed by atoms with Crippen molar-refractivity contribution in [3.8, 4) is 11.5 Å². The van der Waals surface area contributed by atoms with Crippen molar-refractivity contribution in [2.75, 3.05) is 19.8 Å². The number of carbonyl (C=O) groups excluding carboxylic acids is 1. The monoisotopic (exact) mass is 405 g/mol. The van der Waals surface area contributed by atoms with Gasteiger partial charge in [0.15, 0.2) is 11.5 Å². The number of halogens is 2. The van der Waals surface area contributed by atoms with Gasteiger partial charge in [-0.2, -0.15) is 0 Å². The fourth-order valence-corrected chi connectivity index (χ4v) is 3.77. The fourth-order valence-electron chi connectivity index (χ4n) is 3.44. The number of ether oxygens (including phenoxy) is 2. The van der Waals surface area contributed by atoms with Crippen LogP contribution in [0, 0.1) is 5.82 Å². The second-order valence-corrected chi connectivity index (χ2v) is 7.10. The Hall–Kier alpha value is -2.08. The van der Waals surface area contributed by atoms with E-state index in [9.17, 15) is 9.18 Å². The molecule has 0 bridgehead atoms. The zero-order valence-electron chi connectivity index (χ0n) is 13.5. The van der Waals surface area contributed by atoms with Crippen molar-refractivity contribution >= 4 is 21.8 Å². The maximum atomic E-state index is 14.2. The van der Waals surface area contributed by atoms with E-state index in [4.69, 9.17) is 9.47 Å². The smallest absolute Gasteiger partial charge is 0.257 e. The molecule has 2 aromatic carbocycles. The molecule has 2 aromatic rings. The van der Waals surface area contributed by atoms with E-state index in [2.05, 4.69) is 15.9 Å². The van der Waals surface area contributed by atoms with E-state index in [-0.39, 0.29) is 17.5 Å². The van der Waals surface area contributed by atoms with Crippen molar-refractivity contribution in [2.45, 2.75) is 18.9 Å². The molecule has 2 aliphatic heterocycles. The highest BCUT2D eigenvalue weighted by Gasteiger charge is 2.32. The van der Waals surface area contributed by atoms with Crippen molar-refractivity contribution in [1.29, 1.82) is 0 Å². The highest BCUT2D eigenvalue weighted by molar-refractivity contribution is 9.10. The summed E-state index contributed by atoms with van der Waals surface area (Å²) in [5.74, 6) is 0.650. The highest BCUT2D eigenvalue weighted by Crippen LogP contribution is 2.38. The lowest BCUT2D eigenvalue weighted by atomic mass is 10.0. The van der Waals surface area contributed by atoms with Gasteiger partial charge in [-0.3, -0.25) is 4.79 Å². The molecule has 0 saturated carbocycles. The number of rotatable bonds is 2. The maximum absolute atomic E-state index is 14.2. The Morgan fingerprint density at radius 3 is 2.72 bits per heavy atom. The predicted molar refractivity (Wildman–Crippen MR) is 94.5 cm³/mol. The van der Waals surface area contributed by atoms with Crippen LogP contribution in [0.15, 0.2) is 40.9 Å². The van der Waals surface area contributed by atoms with Crippen LogP contribution in [0.2, 0.25) is 0 Å². The van der Waals surface area contributed by atoms with E-state index in [1.54, 1.807) is 11.0 Å². The summed E-state index contributed by atoms with van der Waals surface area (Å²) in [5, 5.41) is 0. The molecule has 130 valence electrons. The van der Waals surface area contributed by atoms with E-state index in [1.165, 1.54) is 12.1 Å². The summed E-state index contributed by atoms with van der Waals surface area (Å²) in [6.45, 7) is 1.69. The molecule has 4 rings (SSSR count). The number of nitrogens with zero attached hydrogens (tertiary/aromatic N) is 1. The predicted octanol–water partition coefficient (Wildman–Crippen LogP) is 4.34. The first-order valence-corrected chi connectivity index (χ1v) is 9.08. The van der Waals surface area contributed by atoms with Crippen LogP contribution in [0.1, 0.15) is 34.8 Å². The molecule has 0 aromatic heterocycles. The van der Waals surface area contributed by atoms with Gasteiger partial charge in [-0.05, 0) is 48.7 Å². The Kier molecular flexibility index (Phi) is 4.37. The van der Waals surface area contributed by atoms with Crippen LogP contribution < -0.4 is 9.47 Å². The molecule has 1 saturated heterocycles. The molecule has 0 N–H and O–H groups in total.